The van der Waals surface area contributed by atoms with E-state index in [0.29, 0.717) is 51.8 Å². The van der Waals surface area contributed by atoms with E-state index in [9.17, 15) is 4.39 Å². The lowest BCUT2D eigenvalue weighted by Gasteiger charge is -2.60. The van der Waals surface area contributed by atoms with Crippen LogP contribution < -0.4 is 0 Å². The van der Waals surface area contributed by atoms with Crippen molar-refractivity contribution in [1.29, 1.82) is 0 Å². The number of aryl methyl sites for hydroxylation is 1. The van der Waals surface area contributed by atoms with E-state index in [4.69, 9.17) is 39.5 Å². The van der Waals surface area contributed by atoms with Crippen LogP contribution in [-0.4, -0.2) is 60.8 Å². The zero-order valence-electron chi connectivity index (χ0n) is 47.9. The van der Waals surface area contributed by atoms with Gasteiger partial charge in [0.05, 0.1) is 22.8 Å². The van der Waals surface area contributed by atoms with Gasteiger partial charge in [0, 0.05) is 47.8 Å². The summed E-state index contributed by atoms with van der Waals surface area (Å²) in [5.41, 5.74) is 8.62. The largest absolute Gasteiger partial charge is 0.375 e. The summed E-state index contributed by atoms with van der Waals surface area (Å²) in [6.07, 6.45) is 6.46. The van der Waals surface area contributed by atoms with Gasteiger partial charge in [0.1, 0.15) is 5.82 Å². The number of ether oxygens (including phenoxy) is 1. The summed E-state index contributed by atoms with van der Waals surface area (Å²) in [5, 5.41) is 2.07. The molecule has 1 aliphatic carbocycles. The van der Waals surface area contributed by atoms with Gasteiger partial charge >= 0.3 is 0 Å². The molecule has 5 aromatic rings. The minimum Gasteiger partial charge on any atom is -0.375 e. The van der Waals surface area contributed by atoms with Crippen LogP contribution in [0.2, 0.25) is 15.1 Å². The summed E-state index contributed by atoms with van der Waals surface area (Å²) >= 11 is 20.7. The van der Waals surface area contributed by atoms with Crippen LogP contribution >= 0.6 is 50.7 Å². The van der Waals surface area contributed by atoms with Crippen molar-refractivity contribution in [1.82, 2.24) is 9.80 Å². The average Bonchev–Trinajstić information content (AvgIpc) is 3.99. The maximum absolute atomic E-state index is 12.4. The maximum Gasteiger partial charge on any atom is 0.123 e. The number of benzene rings is 5. The third-order valence-electron chi connectivity index (χ3n) is 15.4. The number of hydrogen-bond acceptors (Lipinski definition) is 3. The molecule has 74 heavy (non-hydrogen) atoms. The highest BCUT2D eigenvalue weighted by Gasteiger charge is 2.51. The summed E-state index contributed by atoms with van der Waals surface area (Å²) in [6, 6.07) is 39.0. The van der Waals surface area contributed by atoms with E-state index in [-0.39, 0.29) is 5.82 Å². The Balaban J connectivity index is 0.000000187. The Bertz CT molecular complexity index is 2110. The van der Waals surface area contributed by atoms with Gasteiger partial charge in [0.15, 0.2) is 0 Å². The van der Waals surface area contributed by atoms with Crippen LogP contribution in [0.25, 0.3) is 0 Å². The second-order valence-corrected chi connectivity index (χ2v) is 25.9. The molecule has 0 aromatic heterocycles. The Hall–Kier alpha value is -2.74. The van der Waals surface area contributed by atoms with Crippen molar-refractivity contribution in [3.63, 3.8) is 0 Å². The number of piperidine rings is 3. The molecule has 0 spiro atoms. The van der Waals surface area contributed by atoms with Gasteiger partial charge in [0.2, 0.25) is 0 Å². The van der Waals surface area contributed by atoms with Gasteiger partial charge in [-0.05, 0) is 176 Å². The van der Waals surface area contributed by atoms with E-state index in [1.54, 1.807) is 6.42 Å². The molecule has 6 bridgehead atoms. The van der Waals surface area contributed by atoms with Gasteiger partial charge in [-0.3, -0.25) is 4.90 Å². The van der Waals surface area contributed by atoms with Gasteiger partial charge in [-0.25, -0.2) is 4.39 Å². The van der Waals surface area contributed by atoms with E-state index in [0.717, 1.165) is 45.3 Å². The molecule has 5 aromatic carbocycles. The average molecular weight is 1140 g/mol. The molecular weight excluding hydrogens is 1040 g/mol. The summed E-state index contributed by atoms with van der Waals surface area (Å²) in [7, 11) is 0. The SMILES string of the molecule is CC(C)C12CC3CC(CN(C3)C1)C2.CC(C)N1CC2CC1CO2.CC(C)c1ccc(Br)cc1.CC(C)c1ccc(Cl)c(Cl)c1.CC(C)c1ccc(Cl)cc1.CC(C)c1ccc(F)cc1.Cc1ccc(C(C)C)cc1. The normalized spacial score (nSPS) is 22.0. The number of morpholine rings is 1. The van der Waals surface area contributed by atoms with E-state index < -0.39 is 0 Å². The predicted molar refractivity (Wildman–Crippen MR) is 325 cm³/mol. The van der Waals surface area contributed by atoms with Gasteiger partial charge < -0.3 is 9.64 Å². The fourth-order valence-electron chi connectivity index (χ4n) is 10.7. The molecule has 0 radical (unpaired) electrons. The van der Waals surface area contributed by atoms with Crippen molar-refractivity contribution in [3.8, 4) is 0 Å². The predicted octanol–water partition coefficient (Wildman–Crippen LogP) is 20.5. The monoisotopic (exact) mass is 1130 g/mol. The number of halogens is 5. The third kappa shape index (κ3) is 20.9. The summed E-state index contributed by atoms with van der Waals surface area (Å²) in [4.78, 5) is 5.29. The molecule has 5 aliphatic heterocycles. The van der Waals surface area contributed by atoms with Gasteiger partial charge in [-0.2, -0.15) is 0 Å². The fourth-order valence-corrected chi connectivity index (χ4v) is 11.4. The van der Waals surface area contributed by atoms with Crippen molar-refractivity contribution >= 4 is 50.7 Å². The Morgan fingerprint density at radius 1 is 0.541 bits per heavy atom. The van der Waals surface area contributed by atoms with Crippen LogP contribution in [0.3, 0.4) is 0 Å². The number of nitrogens with zero attached hydrogens (tertiary/aromatic N) is 2. The molecule has 1 saturated carbocycles. The van der Waals surface area contributed by atoms with E-state index in [1.807, 2.05) is 42.5 Å². The number of fused-ring (bicyclic) bond motifs is 2. The first kappa shape index (κ1) is 63.8. The van der Waals surface area contributed by atoms with Crippen molar-refractivity contribution in [2.24, 2.45) is 23.2 Å². The number of hydrogen-bond donors (Lipinski definition) is 0. The molecule has 5 saturated heterocycles. The van der Waals surface area contributed by atoms with Crippen LogP contribution in [-0.2, 0) is 4.74 Å². The maximum atomic E-state index is 12.4. The molecule has 4 atom stereocenters. The molecule has 0 N–H and O–H groups in total. The molecule has 408 valence electrons. The van der Waals surface area contributed by atoms with Crippen LogP contribution in [0, 0.1) is 35.9 Å². The first-order valence-corrected chi connectivity index (χ1v) is 29.7. The van der Waals surface area contributed by atoms with E-state index in [2.05, 4.69) is 190 Å². The first-order valence-electron chi connectivity index (χ1n) is 27.7. The zero-order chi connectivity index (χ0) is 54.9. The van der Waals surface area contributed by atoms with Crippen molar-refractivity contribution < 1.29 is 9.13 Å². The molecule has 6 aliphatic rings. The standard InChI is InChI=1S/C12H21N.C10H14.C9H11Br.C9H10Cl2.C9H11Cl.C9H11F.C8H15NO/c1-9(2)12-4-10-3-11(5-12)7-13(6-10)8-12;1-8(2)10-6-4-9(3)5-7-10;1-7(2)8-3-5-9(10)6-4-8;1-6(2)7-3-4-8(10)9(11)5-7;2*1-7(2)8-3-5-9(10)6-4-8;1-6(2)9-4-8-3-7(9)5-10-8/h9-11H,3-8H2,1-2H3;4-8H,1-3H3;3-7H,1-2H3;3-6H,1-2H3;2*3-7H,1-2H3;6-8H,3-5H2,1-2H3. The molecular formula is C66H93BrCl3FN2O. The van der Waals surface area contributed by atoms with Crippen LogP contribution in [0.5, 0.6) is 0 Å². The highest BCUT2D eigenvalue weighted by atomic mass is 79.9. The highest BCUT2D eigenvalue weighted by molar-refractivity contribution is 9.10. The van der Waals surface area contributed by atoms with E-state index in [1.165, 1.54) is 91.0 Å². The summed E-state index contributed by atoms with van der Waals surface area (Å²) in [6.45, 7) is 39.5. The fraction of sp³-hybridized carbons (Fsp3) is 0.545. The highest BCUT2D eigenvalue weighted by Crippen LogP contribution is 2.54. The van der Waals surface area contributed by atoms with E-state index >= 15 is 0 Å². The Morgan fingerprint density at radius 2 is 0.973 bits per heavy atom. The summed E-state index contributed by atoms with van der Waals surface area (Å²) in [5.74, 6) is 5.73. The second kappa shape index (κ2) is 31.0. The minimum atomic E-state index is -0.163. The molecule has 8 heteroatoms. The molecule has 6 fully saturated rings. The minimum absolute atomic E-state index is 0.163. The Morgan fingerprint density at radius 3 is 1.34 bits per heavy atom. The Labute approximate surface area is 473 Å². The number of likely N-dealkylation sites (tertiary alicyclic amines) is 1. The quantitative estimate of drug-likeness (QED) is 0.162. The van der Waals surface area contributed by atoms with Crippen LogP contribution in [0.4, 0.5) is 4.39 Å². The zero-order valence-corrected chi connectivity index (χ0v) is 51.7. The van der Waals surface area contributed by atoms with Gasteiger partial charge in [-0.15, -0.1) is 0 Å². The molecule has 11 rings (SSSR count). The van der Waals surface area contributed by atoms with Gasteiger partial charge in [-0.1, -0.05) is 206 Å². The molecule has 3 nitrogen and oxygen atoms in total. The second-order valence-electron chi connectivity index (χ2n) is 23.7. The Kier molecular flexibility index (Phi) is 26.7. The van der Waals surface area contributed by atoms with Crippen molar-refractivity contribution in [3.05, 3.63) is 174 Å². The van der Waals surface area contributed by atoms with Crippen molar-refractivity contribution in [2.75, 3.05) is 32.8 Å². The van der Waals surface area contributed by atoms with Crippen LogP contribution in [0.15, 0.2) is 120 Å². The van der Waals surface area contributed by atoms with Crippen molar-refractivity contribution in [2.45, 2.75) is 177 Å². The topological polar surface area (TPSA) is 15.7 Å². The molecule has 4 unspecified atom stereocenters. The lowest BCUT2D eigenvalue weighted by molar-refractivity contribution is -0.101. The lowest BCUT2D eigenvalue weighted by atomic mass is 9.56. The third-order valence-corrected chi connectivity index (χ3v) is 16.9. The number of rotatable bonds is 7. The van der Waals surface area contributed by atoms with Gasteiger partial charge in [0.25, 0.3) is 0 Å². The first-order chi connectivity index (χ1) is 34.9. The smallest absolute Gasteiger partial charge is 0.123 e. The molecule has 5 heterocycles. The molecule has 0 amide bonds. The lowest BCUT2D eigenvalue weighted by Crippen LogP contribution is -2.60. The summed E-state index contributed by atoms with van der Waals surface area (Å²) < 4.78 is 19.0. The van der Waals surface area contributed by atoms with Crippen LogP contribution in [0.1, 0.15) is 186 Å².